The van der Waals surface area contributed by atoms with Crippen molar-refractivity contribution in [3.8, 4) is 11.4 Å². The summed E-state index contributed by atoms with van der Waals surface area (Å²) in [4.78, 5) is 27.5. The number of nitrogens with zero attached hydrogens (tertiary/aromatic N) is 2. The first-order valence-corrected chi connectivity index (χ1v) is 6.81. The summed E-state index contributed by atoms with van der Waals surface area (Å²) < 4.78 is 9.82. The number of aromatic amines is 1. The number of aryl methyl sites for hydroxylation is 1. The van der Waals surface area contributed by atoms with Crippen molar-refractivity contribution in [3.05, 3.63) is 35.7 Å². The Bertz CT molecular complexity index is 679. The maximum Gasteiger partial charge on any atom is 0.344 e. The van der Waals surface area contributed by atoms with Gasteiger partial charge >= 0.3 is 11.9 Å². The Labute approximate surface area is 127 Å². The van der Waals surface area contributed by atoms with Gasteiger partial charge in [0.25, 0.3) is 0 Å². The monoisotopic (exact) mass is 303 g/mol. The fraction of sp³-hybridized carbons (Fsp3) is 0.333. The van der Waals surface area contributed by atoms with Gasteiger partial charge < -0.3 is 9.47 Å². The molecule has 0 spiro atoms. The molecule has 7 heteroatoms. The van der Waals surface area contributed by atoms with Crippen LogP contribution in [-0.2, 0) is 14.3 Å². The summed E-state index contributed by atoms with van der Waals surface area (Å²) in [5, 5.41) is 6.77. The van der Waals surface area contributed by atoms with Crippen molar-refractivity contribution < 1.29 is 19.1 Å². The smallest absolute Gasteiger partial charge is 0.344 e. The molecule has 0 saturated heterocycles. The first kappa shape index (κ1) is 15.7. The summed E-state index contributed by atoms with van der Waals surface area (Å²) in [6.45, 7) is 4.82. The van der Waals surface area contributed by atoms with Gasteiger partial charge in [-0.1, -0.05) is 12.1 Å². The molecule has 1 aromatic carbocycles. The Morgan fingerprint density at radius 3 is 2.73 bits per heavy atom. The molecule has 0 aliphatic rings. The van der Waals surface area contributed by atoms with E-state index in [-0.39, 0.29) is 6.10 Å². The van der Waals surface area contributed by atoms with Crippen LogP contribution in [0.15, 0.2) is 24.3 Å². The molecule has 2 rings (SSSR count). The van der Waals surface area contributed by atoms with Gasteiger partial charge in [0.05, 0.1) is 11.7 Å². The fourth-order valence-electron chi connectivity index (χ4n) is 1.76. The lowest BCUT2D eigenvalue weighted by Crippen LogP contribution is -2.19. The van der Waals surface area contributed by atoms with Crippen LogP contribution in [0.4, 0.5) is 0 Å². The van der Waals surface area contributed by atoms with E-state index in [0.717, 1.165) is 0 Å². The molecule has 2 aromatic rings. The highest BCUT2D eigenvalue weighted by Crippen LogP contribution is 2.16. The molecular weight excluding hydrogens is 286 g/mol. The van der Waals surface area contributed by atoms with Crippen molar-refractivity contribution in [1.29, 1.82) is 0 Å². The Morgan fingerprint density at radius 2 is 2.09 bits per heavy atom. The third-order valence-corrected chi connectivity index (χ3v) is 2.64. The lowest BCUT2D eigenvalue weighted by atomic mass is 10.1. The maximum absolute atomic E-state index is 11.9. The molecule has 1 heterocycles. The van der Waals surface area contributed by atoms with E-state index in [9.17, 15) is 9.59 Å². The van der Waals surface area contributed by atoms with E-state index in [1.165, 1.54) is 0 Å². The Kier molecular flexibility index (Phi) is 4.88. The first-order valence-electron chi connectivity index (χ1n) is 6.81. The van der Waals surface area contributed by atoms with Gasteiger partial charge in [0.1, 0.15) is 5.82 Å². The molecule has 0 fully saturated rings. The predicted molar refractivity (Wildman–Crippen MR) is 78.1 cm³/mol. The number of esters is 2. The summed E-state index contributed by atoms with van der Waals surface area (Å²) in [6, 6.07) is 6.69. The van der Waals surface area contributed by atoms with E-state index < -0.39 is 18.5 Å². The van der Waals surface area contributed by atoms with Gasteiger partial charge in [0.15, 0.2) is 12.4 Å². The number of benzene rings is 1. The fourth-order valence-corrected chi connectivity index (χ4v) is 1.76. The molecule has 0 atom stereocenters. The molecule has 116 valence electrons. The number of hydrogen-bond donors (Lipinski definition) is 1. The lowest BCUT2D eigenvalue weighted by molar-refractivity contribution is -0.150. The van der Waals surface area contributed by atoms with Gasteiger partial charge in [0, 0.05) is 5.56 Å². The molecule has 22 heavy (non-hydrogen) atoms. The number of carbonyl (C=O) groups excluding carboxylic acids is 2. The van der Waals surface area contributed by atoms with Crippen molar-refractivity contribution in [3.63, 3.8) is 0 Å². The number of ether oxygens (including phenoxy) is 2. The van der Waals surface area contributed by atoms with Crippen LogP contribution in [0, 0.1) is 6.92 Å². The molecule has 0 aliphatic carbocycles. The number of H-pyrrole nitrogens is 1. The highest BCUT2D eigenvalue weighted by atomic mass is 16.6. The minimum atomic E-state index is -0.602. The molecule has 0 saturated carbocycles. The van der Waals surface area contributed by atoms with Gasteiger partial charge in [-0.25, -0.2) is 14.6 Å². The molecule has 1 aromatic heterocycles. The number of hydrogen-bond acceptors (Lipinski definition) is 6. The van der Waals surface area contributed by atoms with Crippen LogP contribution in [0.2, 0.25) is 0 Å². The van der Waals surface area contributed by atoms with Crippen LogP contribution < -0.4 is 0 Å². The second-order valence-corrected chi connectivity index (χ2v) is 4.94. The van der Waals surface area contributed by atoms with Gasteiger partial charge in [-0.15, -0.1) is 0 Å². The zero-order chi connectivity index (χ0) is 16.1. The SMILES string of the molecule is Cc1nc(-c2cccc(C(=O)OCC(=O)OC(C)C)c2)n[nH]1. The minimum Gasteiger partial charge on any atom is -0.460 e. The van der Waals surface area contributed by atoms with Crippen molar-refractivity contribution in [2.24, 2.45) is 0 Å². The standard InChI is InChI=1S/C15H17N3O4/c1-9(2)22-13(19)8-21-15(20)12-6-4-5-11(7-12)14-16-10(3)17-18-14/h4-7,9H,8H2,1-3H3,(H,16,17,18). The van der Waals surface area contributed by atoms with Crippen LogP contribution in [0.1, 0.15) is 30.0 Å². The first-order chi connectivity index (χ1) is 10.5. The summed E-state index contributed by atoms with van der Waals surface area (Å²) in [5.74, 6) is -0.00955. The predicted octanol–water partition coefficient (Wildman–Crippen LogP) is 1.89. The number of carbonyl (C=O) groups is 2. The average Bonchev–Trinajstić information content (AvgIpc) is 2.91. The molecular formula is C15H17N3O4. The molecule has 0 aliphatic heterocycles. The van der Waals surface area contributed by atoms with Crippen LogP contribution in [0.5, 0.6) is 0 Å². The summed E-state index contributed by atoms with van der Waals surface area (Å²) in [5.41, 5.74) is 1.00. The Hall–Kier alpha value is -2.70. The molecule has 0 amide bonds. The Balaban J connectivity index is 2.03. The van der Waals surface area contributed by atoms with Crippen LogP contribution >= 0.6 is 0 Å². The molecule has 0 radical (unpaired) electrons. The van der Waals surface area contributed by atoms with Crippen LogP contribution in [0.3, 0.4) is 0 Å². The largest absolute Gasteiger partial charge is 0.460 e. The third-order valence-electron chi connectivity index (χ3n) is 2.64. The Morgan fingerprint density at radius 1 is 1.32 bits per heavy atom. The molecule has 1 N–H and O–H groups in total. The zero-order valence-electron chi connectivity index (χ0n) is 12.6. The van der Waals surface area contributed by atoms with Gasteiger partial charge in [0.2, 0.25) is 0 Å². The molecule has 0 unspecified atom stereocenters. The molecule has 0 bridgehead atoms. The van der Waals surface area contributed by atoms with Gasteiger partial charge in [-0.05, 0) is 32.9 Å². The van der Waals surface area contributed by atoms with Crippen molar-refractivity contribution in [2.45, 2.75) is 26.9 Å². The summed E-state index contributed by atoms with van der Waals surface area (Å²) in [6.07, 6.45) is -0.247. The summed E-state index contributed by atoms with van der Waals surface area (Å²) >= 11 is 0. The van der Waals surface area contributed by atoms with E-state index in [2.05, 4.69) is 15.2 Å². The van der Waals surface area contributed by atoms with E-state index in [0.29, 0.717) is 22.8 Å². The van der Waals surface area contributed by atoms with Crippen molar-refractivity contribution in [2.75, 3.05) is 6.61 Å². The highest BCUT2D eigenvalue weighted by Gasteiger charge is 2.13. The van der Waals surface area contributed by atoms with Crippen LogP contribution in [0.25, 0.3) is 11.4 Å². The van der Waals surface area contributed by atoms with E-state index in [4.69, 9.17) is 9.47 Å². The van der Waals surface area contributed by atoms with E-state index >= 15 is 0 Å². The normalized spacial score (nSPS) is 10.5. The quantitative estimate of drug-likeness (QED) is 0.848. The summed E-state index contributed by atoms with van der Waals surface area (Å²) in [7, 11) is 0. The zero-order valence-corrected chi connectivity index (χ0v) is 12.6. The highest BCUT2D eigenvalue weighted by molar-refractivity contribution is 5.91. The van der Waals surface area contributed by atoms with Gasteiger partial charge in [-0.2, -0.15) is 5.10 Å². The number of rotatable bonds is 5. The van der Waals surface area contributed by atoms with E-state index in [1.54, 1.807) is 45.0 Å². The van der Waals surface area contributed by atoms with Gasteiger partial charge in [-0.3, -0.25) is 5.10 Å². The average molecular weight is 303 g/mol. The second-order valence-electron chi connectivity index (χ2n) is 4.94. The van der Waals surface area contributed by atoms with Crippen molar-refractivity contribution >= 4 is 11.9 Å². The van der Waals surface area contributed by atoms with Crippen molar-refractivity contribution in [1.82, 2.24) is 15.2 Å². The number of nitrogens with one attached hydrogen (secondary N) is 1. The topological polar surface area (TPSA) is 94.2 Å². The minimum absolute atomic E-state index is 0.247. The number of aromatic nitrogens is 3. The molecule has 7 nitrogen and oxygen atoms in total. The maximum atomic E-state index is 11.9. The van der Waals surface area contributed by atoms with E-state index in [1.807, 2.05) is 0 Å². The third kappa shape index (κ3) is 4.15. The second kappa shape index (κ2) is 6.84. The lowest BCUT2D eigenvalue weighted by Gasteiger charge is -2.08. The van der Waals surface area contributed by atoms with Crippen LogP contribution in [-0.4, -0.2) is 39.8 Å².